The molecule has 0 atom stereocenters. The summed E-state index contributed by atoms with van der Waals surface area (Å²) < 4.78 is 0. The minimum atomic E-state index is -0.185. The van der Waals surface area contributed by atoms with Gasteiger partial charge in [0, 0.05) is 18.3 Å². The molecule has 1 aromatic heterocycles. The number of nitrogens with one attached hydrogen (secondary N) is 3. The normalized spacial score (nSPS) is 16.3. The van der Waals surface area contributed by atoms with Crippen LogP contribution in [0.4, 0.5) is 5.13 Å². The summed E-state index contributed by atoms with van der Waals surface area (Å²) in [6.45, 7) is 3.27. The van der Waals surface area contributed by atoms with Gasteiger partial charge in [-0.05, 0) is 25.9 Å². The van der Waals surface area contributed by atoms with Crippen LogP contribution in [-0.4, -0.2) is 35.9 Å². The summed E-state index contributed by atoms with van der Waals surface area (Å²) >= 11 is 1.25. The van der Waals surface area contributed by atoms with Gasteiger partial charge in [0.2, 0.25) is 5.91 Å². The standard InChI is InChI=1S/C11H16N4O2S/c1-7(16)13-11-15-9(6-18-11)10(17)14-8-2-4-12-5-3-8/h6,8,12H,2-5H2,1H3,(H,14,17)(H,13,15,16). The number of hydrogen-bond acceptors (Lipinski definition) is 5. The fourth-order valence-corrected chi connectivity index (χ4v) is 2.55. The van der Waals surface area contributed by atoms with E-state index in [1.54, 1.807) is 5.38 Å². The minimum absolute atomic E-state index is 0.172. The highest BCUT2D eigenvalue weighted by molar-refractivity contribution is 7.14. The molecular formula is C11H16N4O2S. The highest BCUT2D eigenvalue weighted by atomic mass is 32.1. The van der Waals surface area contributed by atoms with Crippen LogP contribution in [-0.2, 0) is 4.79 Å². The number of rotatable bonds is 3. The van der Waals surface area contributed by atoms with E-state index in [1.807, 2.05) is 0 Å². The number of piperidine rings is 1. The molecule has 1 aromatic rings. The topological polar surface area (TPSA) is 83.1 Å². The molecule has 0 aliphatic carbocycles. The van der Waals surface area contributed by atoms with Gasteiger partial charge < -0.3 is 16.0 Å². The average Bonchev–Trinajstić information content (AvgIpc) is 2.78. The molecule has 0 unspecified atom stereocenters. The Hall–Kier alpha value is -1.47. The van der Waals surface area contributed by atoms with Gasteiger partial charge in [0.1, 0.15) is 5.69 Å². The Kier molecular flexibility index (Phi) is 4.27. The first kappa shape index (κ1) is 13.0. The van der Waals surface area contributed by atoms with Crippen LogP contribution >= 0.6 is 11.3 Å². The molecule has 18 heavy (non-hydrogen) atoms. The van der Waals surface area contributed by atoms with E-state index in [0.717, 1.165) is 25.9 Å². The number of thiazole rings is 1. The second-order valence-electron chi connectivity index (χ2n) is 4.22. The molecule has 7 heteroatoms. The summed E-state index contributed by atoms with van der Waals surface area (Å²) in [5, 5.41) is 10.9. The van der Waals surface area contributed by atoms with Crippen molar-refractivity contribution in [2.75, 3.05) is 18.4 Å². The molecule has 1 fully saturated rings. The lowest BCUT2D eigenvalue weighted by Crippen LogP contribution is -2.42. The summed E-state index contributed by atoms with van der Waals surface area (Å²) in [5.74, 6) is -0.357. The Morgan fingerprint density at radius 3 is 2.83 bits per heavy atom. The minimum Gasteiger partial charge on any atom is -0.348 e. The number of nitrogens with zero attached hydrogens (tertiary/aromatic N) is 1. The maximum Gasteiger partial charge on any atom is 0.271 e. The van der Waals surface area contributed by atoms with E-state index >= 15 is 0 Å². The van der Waals surface area contributed by atoms with Crippen molar-refractivity contribution in [3.05, 3.63) is 11.1 Å². The fourth-order valence-electron chi connectivity index (χ4n) is 1.81. The van der Waals surface area contributed by atoms with Gasteiger partial charge in [-0.3, -0.25) is 9.59 Å². The highest BCUT2D eigenvalue weighted by Gasteiger charge is 2.18. The van der Waals surface area contributed by atoms with E-state index in [9.17, 15) is 9.59 Å². The second kappa shape index (κ2) is 5.92. The predicted octanol–water partition coefficient (Wildman–Crippen LogP) is 0.583. The predicted molar refractivity (Wildman–Crippen MR) is 69.8 cm³/mol. The van der Waals surface area contributed by atoms with E-state index in [2.05, 4.69) is 20.9 Å². The molecule has 3 N–H and O–H groups in total. The van der Waals surface area contributed by atoms with Crippen molar-refractivity contribution in [1.82, 2.24) is 15.6 Å². The van der Waals surface area contributed by atoms with Gasteiger partial charge in [0.05, 0.1) is 0 Å². The molecule has 0 saturated carbocycles. The molecule has 1 aliphatic rings. The molecule has 0 spiro atoms. The highest BCUT2D eigenvalue weighted by Crippen LogP contribution is 2.15. The molecule has 1 saturated heterocycles. The van der Waals surface area contributed by atoms with Crippen molar-refractivity contribution < 1.29 is 9.59 Å². The van der Waals surface area contributed by atoms with Crippen LogP contribution in [0.2, 0.25) is 0 Å². The number of carbonyl (C=O) groups excluding carboxylic acids is 2. The Morgan fingerprint density at radius 2 is 2.17 bits per heavy atom. The third-order valence-corrected chi connectivity index (χ3v) is 3.45. The van der Waals surface area contributed by atoms with Gasteiger partial charge in [-0.15, -0.1) is 11.3 Å². The van der Waals surface area contributed by atoms with Crippen molar-refractivity contribution in [3.63, 3.8) is 0 Å². The van der Waals surface area contributed by atoms with E-state index in [4.69, 9.17) is 0 Å². The number of carbonyl (C=O) groups is 2. The summed E-state index contributed by atoms with van der Waals surface area (Å²) in [6, 6.07) is 0.213. The van der Waals surface area contributed by atoms with Crippen LogP contribution in [0, 0.1) is 0 Å². The lowest BCUT2D eigenvalue weighted by atomic mass is 10.1. The number of hydrogen-bond donors (Lipinski definition) is 3. The zero-order valence-corrected chi connectivity index (χ0v) is 11.0. The molecule has 2 amide bonds. The molecule has 2 heterocycles. The van der Waals surface area contributed by atoms with E-state index in [-0.39, 0.29) is 17.9 Å². The summed E-state index contributed by atoms with van der Waals surface area (Å²) in [5.41, 5.74) is 0.363. The lowest BCUT2D eigenvalue weighted by Gasteiger charge is -2.23. The Bertz CT molecular complexity index is 440. The van der Waals surface area contributed by atoms with Crippen molar-refractivity contribution in [3.8, 4) is 0 Å². The van der Waals surface area contributed by atoms with Crippen LogP contribution < -0.4 is 16.0 Å². The monoisotopic (exact) mass is 268 g/mol. The van der Waals surface area contributed by atoms with Crippen LogP contribution in [0.1, 0.15) is 30.3 Å². The summed E-state index contributed by atoms with van der Waals surface area (Å²) in [6.07, 6.45) is 1.88. The van der Waals surface area contributed by atoms with Crippen molar-refractivity contribution in [2.24, 2.45) is 0 Å². The van der Waals surface area contributed by atoms with E-state index in [1.165, 1.54) is 18.3 Å². The molecule has 0 aromatic carbocycles. The van der Waals surface area contributed by atoms with Gasteiger partial charge in [0.25, 0.3) is 5.91 Å². The largest absolute Gasteiger partial charge is 0.348 e. The third-order valence-electron chi connectivity index (χ3n) is 2.69. The third kappa shape index (κ3) is 3.51. The van der Waals surface area contributed by atoms with Gasteiger partial charge in [-0.1, -0.05) is 0 Å². The molecule has 98 valence electrons. The first-order chi connectivity index (χ1) is 8.65. The molecule has 6 nitrogen and oxygen atoms in total. The number of aromatic nitrogens is 1. The molecule has 2 rings (SSSR count). The van der Waals surface area contributed by atoms with Crippen LogP contribution in [0.3, 0.4) is 0 Å². The van der Waals surface area contributed by atoms with Gasteiger partial charge in [-0.2, -0.15) is 0 Å². The van der Waals surface area contributed by atoms with E-state index in [0.29, 0.717) is 10.8 Å². The van der Waals surface area contributed by atoms with Crippen LogP contribution in [0.15, 0.2) is 5.38 Å². The number of amides is 2. The first-order valence-electron chi connectivity index (χ1n) is 5.90. The molecular weight excluding hydrogens is 252 g/mol. The molecule has 1 aliphatic heterocycles. The van der Waals surface area contributed by atoms with Crippen LogP contribution in [0.5, 0.6) is 0 Å². The maximum atomic E-state index is 11.9. The van der Waals surface area contributed by atoms with Crippen molar-refractivity contribution in [1.29, 1.82) is 0 Å². The van der Waals surface area contributed by atoms with Gasteiger partial charge in [-0.25, -0.2) is 4.98 Å². The van der Waals surface area contributed by atoms with Gasteiger partial charge >= 0.3 is 0 Å². The van der Waals surface area contributed by atoms with Crippen molar-refractivity contribution in [2.45, 2.75) is 25.8 Å². The molecule has 0 radical (unpaired) electrons. The zero-order valence-electron chi connectivity index (χ0n) is 10.2. The summed E-state index contributed by atoms with van der Waals surface area (Å²) in [4.78, 5) is 26.8. The second-order valence-corrected chi connectivity index (χ2v) is 5.07. The smallest absolute Gasteiger partial charge is 0.271 e. The Morgan fingerprint density at radius 1 is 1.44 bits per heavy atom. The van der Waals surface area contributed by atoms with Crippen LogP contribution in [0.25, 0.3) is 0 Å². The Labute approximate surface area is 109 Å². The quantitative estimate of drug-likeness (QED) is 0.749. The average molecular weight is 268 g/mol. The fraction of sp³-hybridized carbons (Fsp3) is 0.545. The maximum absolute atomic E-state index is 11.9. The van der Waals surface area contributed by atoms with Crippen molar-refractivity contribution >= 4 is 28.3 Å². The Balaban J connectivity index is 1.91. The first-order valence-corrected chi connectivity index (χ1v) is 6.78. The van der Waals surface area contributed by atoms with Gasteiger partial charge in [0.15, 0.2) is 5.13 Å². The summed E-state index contributed by atoms with van der Waals surface area (Å²) in [7, 11) is 0. The van der Waals surface area contributed by atoms with E-state index < -0.39 is 0 Å². The number of anilines is 1. The SMILES string of the molecule is CC(=O)Nc1nc(C(=O)NC2CCNCC2)cs1. The zero-order chi connectivity index (χ0) is 13.0. The molecule has 0 bridgehead atoms. The lowest BCUT2D eigenvalue weighted by molar-refractivity contribution is -0.114.